The van der Waals surface area contributed by atoms with Crippen LogP contribution in [0.15, 0.2) is 29.1 Å². The topological polar surface area (TPSA) is 38.7 Å². The summed E-state index contributed by atoms with van der Waals surface area (Å²) in [7, 11) is 0. The van der Waals surface area contributed by atoms with Crippen molar-refractivity contribution >= 4 is 0 Å². The van der Waals surface area contributed by atoms with E-state index in [9.17, 15) is 4.91 Å². The number of hydrogen-bond acceptors (Lipinski definition) is 3. The molecule has 16 heavy (non-hydrogen) atoms. The third-order valence-electron chi connectivity index (χ3n) is 2.77. The van der Waals surface area contributed by atoms with Gasteiger partial charge in [-0.1, -0.05) is 31.9 Å². The molecule has 0 saturated heterocycles. The highest BCUT2D eigenvalue weighted by Gasteiger charge is 2.16. The summed E-state index contributed by atoms with van der Waals surface area (Å²) in [5, 5.41) is 2.95. The number of hydrogen-bond donors (Lipinski definition) is 0. The zero-order chi connectivity index (χ0) is 11.8. The van der Waals surface area contributed by atoms with Gasteiger partial charge in [0.1, 0.15) is 5.70 Å². The number of nitroso groups, excluding NO2 is 1. The largest absolute Gasteiger partial charge is 0.371 e. The molecule has 3 heteroatoms. The van der Waals surface area contributed by atoms with E-state index in [0.29, 0.717) is 11.8 Å². The van der Waals surface area contributed by atoms with Crippen LogP contribution in [0.4, 0.5) is 0 Å². The number of ether oxygens (including phenoxy) is 1. The average Bonchev–Trinajstić information content (AvgIpc) is 2.76. The van der Waals surface area contributed by atoms with Crippen LogP contribution in [0.3, 0.4) is 0 Å². The Bertz CT molecular complexity index is 265. The van der Waals surface area contributed by atoms with Crippen molar-refractivity contribution in [3.05, 3.63) is 28.8 Å². The van der Waals surface area contributed by atoms with Crippen molar-refractivity contribution in [1.29, 1.82) is 0 Å². The lowest BCUT2D eigenvalue weighted by atomic mass is 10.2. The Balaban J connectivity index is 2.36. The van der Waals surface area contributed by atoms with Gasteiger partial charge in [-0.3, -0.25) is 0 Å². The number of allylic oxidation sites excluding steroid dienone is 2. The summed E-state index contributed by atoms with van der Waals surface area (Å²) in [6, 6.07) is 0. The van der Waals surface area contributed by atoms with Crippen LogP contribution in [0.5, 0.6) is 0 Å². The Morgan fingerprint density at radius 1 is 1.50 bits per heavy atom. The molecule has 3 nitrogen and oxygen atoms in total. The van der Waals surface area contributed by atoms with Gasteiger partial charge in [0.2, 0.25) is 0 Å². The van der Waals surface area contributed by atoms with Crippen LogP contribution in [-0.2, 0) is 4.74 Å². The second-order valence-corrected chi connectivity index (χ2v) is 4.24. The van der Waals surface area contributed by atoms with E-state index in [1.54, 1.807) is 6.08 Å². The maximum absolute atomic E-state index is 10.4. The Kier molecular flexibility index (Phi) is 6.01. The van der Waals surface area contributed by atoms with Gasteiger partial charge in [0.05, 0.1) is 12.2 Å². The molecule has 0 amide bonds. The van der Waals surface area contributed by atoms with Gasteiger partial charge in [-0.05, 0) is 37.4 Å². The lowest BCUT2D eigenvalue weighted by molar-refractivity contribution is 0.0276. The summed E-state index contributed by atoms with van der Waals surface area (Å²) >= 11 is 0. The first kappa shape index (κ1) is 13.1. The van der Waals surface area contributed by atoms with E-state index < -0.39 is 0 Å². The standard InChI is InChI=1S/C13H21NO2/c1-3-6-12(14-15)10-9-11(2)16-13-7-4-5-8-13/h6,9-11,13H,3-5,7-8H2,1-2H3/b10-9-,12-6+. The Labute approximate surface area is 97.5 Å². The van der Waals surface area contributed by atoms with E-state index in [1.807, 2.05) is 26.0 Å². The van der Waals surface area contributed by atoms with Crippen LogP contribution in [-0.4, -0.2) is 12.2 Å². The summed E-state index contributed by atoms with van der Waals surface area (Å²) < 4.78 is 5.83. The van der Waals surface area contributed by atoms with E-state index in [0.717, 1.165) is 6.42 Å². The highest BCUT2D eigenvalue weighted by atomic mass is 16.5. The number of rotatable bonds is 6. The van der Waals surface area contributed by atoms with Gasteiger partial charge in [0, 0.05) is 0 Å². The zero-order valence-electron chi connectivity index (χ0n) is 10.2. The molecule has 0 bridgehead atoms. The molecule has 0 aromatic heterocycles. The summed E-state index contributed by atoms with van der Waals surface area (Å²) in [5.74, 6) is 0. The van der Waals surface area contributed by atoms with Gasteiger partial charge in [-0.2, -0.15) is 0 Å². The summed E-state index contributed by atoms with van der Waals surface area (Å²) in [6.45, 7) is 3.99. The molecule has 1 atom stereocenters. The van der Waals surface area contributed by atoms with Gasteiger partial charge in [-0.15, -0.1) is 4.91 Å². The lowest BCUT2D eigenvalue weighted by Gasteiger charge is -2.14. The van der Waals surface area contributed by atoms with Crippen LogP contribution >= 0.6 is 0 Å². The quantitative estimate of drug-likeness (QED) is 0.505. The Hall–Kier alpha value is -0.960. The van der Waals surface area contributed by atoms with E-state index in [1.165, 1.54) is 25.7 Å². The molecule has 0 spiro atoms. The van der Waals surface area contributed by atoms with Crippen molar-refractivity contribution in [2.24, 2.45) is 5.18 Å². The minimum Gasteiger partial charge on any atom is -0.371 e. The fraction of sp³-hybridized carbons (Fsp3) is 0.692. The van der Waals surface area contributed by atoms with Crippen LogP contribution in [0.1, 0.15) is 46.0 Å². The van der Waals surface area contributed by atoms with Crippen molar-refractivity contribution in [2.45, 2.75) is 58.2 Å². The molecule has 1 fully saturated rings. The summed E-state index contributed by atoms with van der Waals surface area (Å²) in [4.78, 5) is 10.4. The monoisotopic (exact) mass is 223 g/mol. The van der Waals surface area contributed by atoms with Gasteiger partial charge in [0.25, 0.3) is 0 Å². The van der Waals surface area contributed by atoms with Crippen LogP contribution in [0.25, 0.3) is 0 Å². The first-order chi connectivity index (χ1) is 7.76. The van der Waals surface area contributed by atoms with Crippen molar-refractivity contribution in [3.63, 3.8) is 0 Å². The molecule has 90 valence electrons. The highest BCUT2D eigenvalue weighted by molar-refractivity contribution is 5.17. The smallest absolute Gasteiger partial charge is 0.103 e. The molecule has 0 N–H and O–H groups in total. The van der Waals surface area contributed by atoms with Crippen LogP contribution in [0, 0.1) is 4.91 Å². The lowest BCUT2D eigenvalue weighted by Crippen LogP contribution is -2.14. The Morgan fingerprint density at radius 3 is 2.75 bits per heavy atom. The minimum absolute atomic E-state index is 0.0603. The van der Waals surface area contributed by atoms with Gasteiger partial charge < -0.3 is 4.74 Å². The van der Waals surface area contributed by atoms with Crippen LogP contribution in [0.2, 0.25) is 0 Å². The van der Waals surface area contributed by atoms with Gasteiger partial charge >= 0.3 is 0 Å². The first-order valence-corrected chi connectivity index (χ1v) is 6.13. The second-order valence-electron chi connectivity index (χ2n) is 4.24. The molecule has 0 radical (unpaired) electrons. The molecule has 1 saturated carbocycles. The second kappa shape index (κ2) is 7.34. The SMILES string of the molecule is CC/C=C(\C=C/C(C)OC1CCCC1)N=O. The van der Waals surface area contributed by atoms with Crippen molar-refractivity contribution in [2.75, 3.05) is 0 Å². The van der Waals surface area contributed by atoms with Gasteiger partial charge in [0.15, 0.2) is 0 Å². The van der Waals surface area contributed by atoms with Crippen molar-refractivity contribution < 1.29 is 4.74 Å². The predicted molar refractivity (Wildman–Crippen MR) is 66.1 cm³/mol. The van der Waals surface area contributed by atoms with E-state index in [-0.39, 0.29) is 6.10 Å². The fourth-order valence-electron chi connectivity index (χ4n) is 1.95. The van der Waals surface area contributed by atoms with Crippen LogP contribution < -0.4 is 0 Å². The molecule has 0 aliphatic heterocycles. The third kappa shape index (κ3) is 4.71. The molecular formula is C13H21NO2. The molecule has 0 heterocycles. The summed E-state index contributed by atoms with van der Waals surface area (Å²) in [6.07, 6.45) is 11.6. The first-order valence-electron chi connectivity index (χ1n) is 6.13. The van der Waals surface area contributed by atoms with Crippen molar-refractivity contribution in [1.82, 2.24) is 0 Å². The zero-order valence-corrected chi connectivity index (χ0v) is 10.2. The molecule has 1 aliphatic rings. The molecule has 1 rings (SSSR count). The summed E-state index contributed by atoms with van der Waals surface area (Å²) in [5.41, 5.74) is 0.490. The fourth-order valence-corrected chi connectivity index (χ4v) is 1.95. The average molecular weight is 223 g/mol. The molecule has 1 aliphatic carbocycles. The molecule has 0 aromatic carbocycles. The van der Waals surface area contributed by atoms with E-state index in [4.69, 9.17) is 4.74 Å². The van der Waals surface area contributed by atoms with Crippen molar-refractivity contribution in [3.8, 4) is 0 Å². The maximum atomic E-state index is 10.4. The highest BCUT2D eigenvalue weighted by Crippen LogP contribution is 2.22. The Morgan fingerprint density at radius 2 is 2.19 bits per heavy atom. The van der Waals surface area contributed by atoms with Gasteiger partial charge in [-0.25, -0.2) is 0 Å². The van der Waals surface area contributed by atoms with E-state index in [2.05, 4.69) is 5.18 Å². The number of nitrogens with zero attached hydrogens (tertiary/aromatic N) is 1. The predicted octanol–water partition coefficient (Wildman–Crippen LogP) is 3.95. The molecule has 1 unspecified atom stereocenters. The minimum atomic E-state index is 0.0603. The maximum Gasteiger partial charge on any atom is 0.103 e. The molecule has 0 aromatic rings. The third-order valence-corrected chi connectivity index (χ3v) is 2.77. The normalized spacial score (nSPS) is 20.5. The van der Waals surface area contributed by atoms with E-state index >= 15 is 0 Å². The molecular weight excluding hydrogens is 202 g/mol.